The average molecular weight is 390 g/mol. The number of hydrogen-bond acceptors (Lipinski definition) is 4. The minimum Gasteiger partial charge on any atom is -0.496 e. The molecule has 0 spiro atoms. The maximum atomic E-state index is 12.6. The van der Waals surface area contributed by atoms with Crippen LogP contribution < -0.4 is 10.1 Å². The first-order valence-electron chi connectivity index (χ1n) is 10.5. The Kier molecular flexibility index (Phi) is 6.35. The van der Waals surface area contributed by atoms with Crippen molar-refractivity contribution < 1.29 is 19.4 Å². The molecule has 2 aliphatic rings. The van der Waals surface area contributed by atoms with Gasteiger partial charge >= 0.3 is 0 Å². The van der Waals surface area contributed by atoms with Gasteiger partial charge in [-0.25, -0.2) is 0 Å². The molecule has 5 atom stereocenters. The highest BCUT2D eigenvalue weighted by Crippen LogP contribution is 2.48. The maximum Gasteiger partial charge on any atom is 0.222 e. The van der Waals surface area contributed by atoms with Crippen molar-refractivity contribution >= 4 is 5.91 Å². The maximum absolute atomic E-state index is 12.6. The van der Waals surface area contributed by atoms with E-state index in [4.69, 9.17) is 9.47 Å². The van der Waals surface area contributed by atoms with E-state index in [9.17, 15) is 9.90 Å². The van der Waals surface area contributed by atoms with Crippen molar-refractivity contribution in [2.24, 2.45) is 17.8 Å². The first kappa shape index (κ1) is 21.1. The molecular weight excluding hydrogens is 354 g/mol. The van der Waals surface area contributed by atoms with Crippen LogP contribution in [0.5, 0.6) is 5.75 Å². The lowest BCUT2D eigenvalue weighted by molar-refractivity contribution is -0.155. The Morgan fingerprint density at radius 1 is 1.39 bits per heavy atom. The molecule has 5 heteroatoms. The molecule has 0 aromatic heterocycles. The second-order valence-corrected chi connectivity index (χ2v) is 9.18. The molecule has 1 aliphatic heterocycles. The van der Waals surface area contributed by atoms with E-state index in [1.165, 1.54) is 6.42 Å². The highest BCUT2D eigenvalue weighted by molar-refractivity contribution is 5.78. The van der Waals surface area contributed by atoms with Crippen molar-refractivity contribution in [2.45, 2.75) is 77.7 Å². The van der Waals surface area contributed by atoms with Crippen LogP contribution >= 0.6 is 0 Å². The van der Waals surface area contributed by atoms with Crippen LogP contribution in [0, 0.1) is 17.8 Å². The predicted molar refractivity (Wildman–Crippen MR) is 109 cm³/mol. The van der Waals surface area contributed by atoms with Crippen molar-refractivity contribution in [3.8, 4) is 5.75 Å². The molecule has 5 nitrogen and oxygen atoms in total. The van der Waals surface area contributed by atoms with E-state index in [0.717, 1.165) is 30.4 Å². The Hall–Kier alpha value is -1.59. The number of rotatable bonds is 5. The molecule has 156 valence electrons. The molecule has 1 saturated heterocycles. The molecule has 1 amide bonds. The van der Waals surface area contributed by atoms with Gasteiger partial charge in [0, 0.05) is 29.4 Å². The zero-order valence-corrected chi connectivity index (χ0v) is 17.8. The van der Waals surface area contributed by atoms with E-state index in [1.807, 2.05) is 32.0 Å². The van der Waals surface area contributed by atoms with E-state index < -0.39 is 0 Å². The first-order valence-corrected chi connectivity index (χ1v) is 10.5. The molecule has 0 bridgehead atoms. The van der Waals surface area contributed by atoms with Crippen LogP contribution in [0.4, 0.5) is 0 Å². The van der Waals surface area contributed by atoms with Gasteiger partial charge in [0.1, 0.15) is 5.75 Å². The van der Waals surface area contributed by atoms with Crippen LogP contribution in [0.15, 0.2) is 18.2 Å². The quantitative estimate of drug-likeness (QED) is 0.799. The minimum atomic E-state index is -0.297. The van der Waals surface area contributed by atoms with Crippen molar-refractivity contribution in [2.75, 3.05) is 7.11 Å². The summed E-state index contributed by atoms with van der Waals surface area (Å²) in [5.74, 6) is 1.71. The topological polar surface area (TPSA) is 67.8 Å². The van der Waals surface area contributed by atoms with Crippen LogP contribution in [0.3, 0.4) is 0 Å². The lowest BCUT2D eigenvalue weighted by atomic mass is 9.66. The number of amides is 1. The monoisotopic (exact) mass is 389 g/mol. The van der Waals surface area contributed by atoms with Gasteiger partial charge in [-0.05, 0) is 43.4 Å². The van der Waals surface area contributed by atoms with Crippen molar-refractivity contribution in [3.05, 3.63) is 29.3 Å². The number of carbonyl (C=O) groups is 1. The highest BCUT2D eigenvalue weighted by Gasteiger charge is 2.49. The standard InChI is InChI=1S/C23H35NO4/c1-14(2)22(26)24-23(4)12-21(28-20-10-15(3)6-8-18(20)23)16-7-9-19(27-5)17(11-16)13-25/h7,9,11,14-15,18,20-21,25H,6,8,10,12-13H2,1-5H3,(H,24,26)/t15-,18-,20-,21-,23-/m1/s1. The molecule has 1 aromatic carbocycles. The number of nitrogens with one attached hydrogen (secondary N) is 1. The third-order valence-electron chi connectivity index (χ3n) is 6.60. The van der Waals surface area contributed by atoms with Crippen LogP contribution in [-0.4, -0.2) is 29.8 Å². The number of fused-ring (bicyclic) bond motifs is 1. The zero-order chi connectivity index (χ0) is 20.5. The average Bonchev–Trinajstić information content (AvgIpc) is 2.66. The predicted octanol–water partition coefficient (Wildman–Crippen LogP) is 3.98. The molecule has 1 aromatic rings. The summed E-state index contributed by atoms with van der Waals surface area (Å²) in [7, 11) is 1.61. The number of aliphatic hydroxyl groups excluding tert-OH is 1. The van der Waals surface area contributed by atoms with Gasteiger partial charge in [0.2, 0.25) is 5.91 Å². The number of carbonyl (C=O) groups excluding carboxylic acids is 1. The Morgan fingerprint density at radius 3 is 2.79 bits per heavy atom. The molecule has 2 fully saturated rings. The number of ether oxygens (including phenoxy) is 2. The summed E-state index contributed by atoms with van der Waals surface area (Å²) in [6, 6.07) is 5.88. The molecule has 1 heterocycles. The van der Waals surface area contributed by atoms with E-state index >= 15 is 0 Å². The summed E-state index contributed by atoms with van der Waals surface area (Å²) in [5, 5.41) is 13.1. The molecule has 2 N–H and O–H groups in total. The number of aliphatic hydroxyl groups is 1. The number of benzene rings is 1. The summed E-state index contributed by atoms with van der Waals surface area (Å²) in [5.41, 5.74) is 1.50. The fourth-order valence-corrected chi connectivity index (χ4v) is 4.89. The van der Waals surface area contributed by atoms with Crippen LogP contribution in [0.2, 0.25) is 0 Å². The van der Waals surface area contributed by atoms with Crippen molar-refractivity contribution in [1.29, 1.82) is 0 Å². The lowest BCUT2D eigenvalue weighted by Crippen LogP contribution is -2.61. The van der Waals surface area contributed by atoms with Gasteiger partial charge in [0.15, 0.2) is 0 Å². The summed E-state index contributed by atoms with van der Waals surface area (Å²) >= 11 is 0. The third-order valence-corrected chi connectivity index (χ3v) is 6.60. The minimum absolute atomic E-state index is 0.0407. The molecule has 0 unspecified atom stereocenters. The molecule has 3 rings (SSSR count). The van der Waals surface area contributed by atoms with Crippen LogP contribution in [0.25, 0.3) is 0 Å². The molecule has 0 radical (unpaired) electrons. The Morgan fingerprint density at radius 2 is 2.14 bits per heavy atom. The van der Waals surface area contributed by atoms with E-state index in [-0.39, 0.29) is 36.2 Å². The van der Waals surface area contributed by atoms with E-state index in [1.54, 1.807) is 7.11 Å². The molecule has 1 saturated carbocycles. The largest absolute Gasteiger partial charge is 0.496 e. The molecule has 28 heavy (non-hydrogen) atoms. The van der Waals surface area contributed by atoms with Crippen molar-refractivity contribution in [3.63, 3.8) is 0 Å². The van der Waals surface area contributed by atoms with Gasteiger partial charge in [0.25, 0.3) is 0 Å². The first-order chi connectivity index (χ1) is 13.3. The van der Waals surface area contributed by atoms with Gasteiger partial charge in [0.05, 0.1) is 25.9 Å². The van der Waals surface area contributed by atoms with Crippen LogP contribution in [0.1, 0.15) is 70.6 Å². The van der Waals surface area contributed by atoms with Gasteiger partial charge in [-0.15, -0.1) is 0 Å². The van der Waals surface area contributed by atoms with Gasteiger partial charge in [-0.2, -0.15) is 0 Å². The molecule has 1 aliphatic carbocycles. The van der Waals surface area contributed by atoms with Gasteiger partial charge < -0.3 is 19.9 Å². The zero-order valence-electron chi connectivity index (χ0n) is 17.8. The van der Waals surface area contributed by atoms with Crippen LogP contribution in [-0.2, 0) is 16.1 Å². The fourth-order valence-electron chi connectivity index (χ4n) is 4.89. The van der Waals surface area contributed by atoms with Crippen molar-refractivity contribution in [1.82, 2.24) is 5.32 Å². The smallest absolute Gasteiger partial charge is 0.222 e. The SMILES string of the molecule is COc1ccc([C@H]2C[C@@](C)(NC(=O)C(C)C)[C@@H]3CC[C@@H](C)C[C@H]3O2)cc1CO. The fraction of sp³-hybridized carbons (Fsp3) is 0.696. The second kappa shape index (κ2) is 8.42. The summed E-state index contributed by atoms with van der Waals surface area (Å²) in [6.45, 7) is 8.27. The molecular formula is C23H35NO4. The number of methoxy groups -OCH3 is 1. The summed E-state index contributed by atoms with van der Waals surface area (Å²) < 4.78 is 11.9. The Labute approximate surface area is 168 Å². The highest BCUT2D eigenvalue weighted by atomic mass is 16.5. The van der Waals surface area contributed by atoms with Gasteiger partial charge in [-0.3, -0.25) is 4.79 Å². The summed E-state index contributed by atoms with van der Waals surface area (Å²) in [6.07, 6.45) is 4.05. The Balaban J connectivity index is 1.92. The van der Waals surface area contributed by atoms with Gasteiger partial charge in [-0.1, -0.05) is 33.3 Å². The second-order valence-electron chi connectivity index (χ2n) is 9.18. The Bertz CT molecular complexity index is 704. The number of hydrogen-bond donors (Lipinski definition) is 2. The van der Waals surface area contributed by atoms with E-state index in [0.29, 0.717) is 17.6 Å². The lowest BCUT2D eigenvalue weighted by Gasteiger charge is -2.52. The van der Waals surface area contributed by atoms with E-state index in [2.05, 4.69) is 19.2 Å². The normalized spacial score (nSPS) is 32.7. The third kappa shape index (κ3) is 4.20. The summed E-state index contributed by atoms with van der Waals surface area (Å²) in [4.78, 5) is 12.6.